The van der Waals surface area contributed by atoms with Crippen LogP contribution in [0.1, 0.15) is 16.7 Å². The first kappa shape index (κ1) is 14.4. The lowest BCUT2D eigenvalue weighted by Crippen LogP contribution is -2.12. The predicted molar refractivity (Wildman–Crippen MR) is 78.9 cm³/mol. The van der Waals surface area contributed by atoms with Gasteiger partial charge in [-0.3, -0.25) is 0 Å². The number of nitrogens with two attached hydrogens (primary N) is 1. The molecule has 20 heavy (non-hydrogen) atoms. The van der Waals surface area contributed by atoms with Gasteiger partial charge in [0.2, 0.25) is 0 Å². The Hall–Kier alpha value is -2.04. The molecule has 0 bridgehead atoms. The molecule has 104 valence electrons. The Balaban J connectivity index is 1.90. The van der Waals surface area contributed by atoms with Crippen molar-refractivity contribution in [2.45, 2.75) is 13.2 Å². The lowest BCUT2D eigenvalue weighted by atomic mass is 10.1. The molecule has 0 aliphatic rings. The summed E-state index contributed by atoms with van der Waals surface area (Å²) in [5, 5.41) is 12.2. The maximum absolute atomic E-state index is 8.58. The molecular formula is C15H15ClN2O2. The summed E-state index contributed by atoms with van der Waals surface area (Å²) in [6.45, 7) is 0.934. The van der Waals surface area contributed by atoms with Crippen LogP contribution in [0.2, 0.25) is 5.02 Å². The fourth-order valence-electron chi connectivity index (χ4n) is 1.72. The van der Waals surface area contributed by atoms with Crippen molar-refractivity contribution < 1.29 is 9.94 Å². The second-order valence-corrected chi connectivity index (χ2v) is 4.67. The summed E-state index contributed by atoms with van der Waals surface area (Å²) in [6, 6.07) is 14.9. The maximum Gasteiger partial charge on any atom is 0.170 e. The molecule has 0 atom stereocenters. The van der Waals surface area contributed by atoms with Gasteiger partial charge in [0.15, 0.2) is 5.84 Å². The standard InChI is InChI=1S/C15H15ClN2O2/c16-14-4-2-1-3-13(14)10-20-9-11-5-7-12(8-6-11)15(17)18-19/h1-8,19H,9-10H2,(H2,17,18). The van der Waals surface area contributed by atoms with Crippen molar-refractivity contribution in [3.63, 3.8) is 0 Å². The Morgan fingerprint density at radius 2 is 1.80 bits per heavy atom. The average Bonchev–Trinajstić information content (AvgIpc) is 2.49. The van der Waals surface area contributed by atoms with Crippen LogP contribution in [0, 0.1) is 0 Å². The molecule has 2 aromatic carbocycles. The third-order valence-corrected chi connectivity index (χ3v) is 3.21. The van der Waals surface area contributed by atoms with E-state index >= 15 is 0 Å². The van der Waals surface area contributed by atoms with E-state index in [-0.39, 0.29) is 5.84 Å². The van der Waals surface area contributed by atoms with Gasteiger partial charge in [-0.1, -0.05) is 59.2 Å². The minimum Gasteiger partial charge on any atom is -0.409 e. The van der Waals surface area contributed by atoms with Crippen LogP contribution >= 0.6 is 11.6 Å². The van der Waals surface area contributed by atoms with Gasteiger partial charge in [0.05, 0.1) is 13.2 Å². The molecular weight excluding hydrogens is 276 g/mol. The minimum absolute atomic E-state index is 0.0912. The van der Waals surface area contributed by atoms with E-state index in [1.807, 2.05) is 36.4 Å². The third-order valence-electron chi connectivity index (χ3n) is 2.84. The van der Waals surface area contributed by atoms with Crippen LogP contribution in [-0.4, -0.2) is 11.0 Å². The van der Waals surface area contributed by atoms with Gasteiger partial charge in [-0.25, -0.2) is 0 Å². The van der Waals surface area contributed by atoms with E-state index < -0.39 is 0 Å². The fourth-order valence-corrected chi connectivity index (χ4v) is 1.91. The van der Waals surface area contributed by atoms with Crippen molar-refractivity contribution in [3.8, 4) is 0 Å². The zero-order valence-electron chi connectivity index (χ0n) is 10.8. The predicted octanol–water partition coefficient (Wildman–Crippen LogP) is 3.15. The highest BCUT2D eigenvalue weighted by Crippen LogP contribution is 2.16. The third kappa shape index (κ3) is 3.73. The monoisotopic (exact) mass is 290 g/mol. The molecule has 3 N–H and O–H groups in total. The largest absolute Gasteiger partial charge is 0.409 e. The Kier molecular flexibility index (Phi) is 4.98. The molecule has 0 spiro atoms. The number of halogens is 1. The van der Waals surface area contributed by atoms with E-state index in [9.17, 15) is 0 Å². The van der Waals surface area contributed by atoms with Crippen LogP contribution in [0.15, 0.2) is 53.7 Å². The van der Waals surface area contributed by atoms with Crippen molar-refractivity contribution in [1.29, 1.82) is 0 Å². The van der Waals surface area contributed by atoms with E-state index in [0.29, 0.717) is 23.8 Å². The van der Waals surface area contributed by atoms with Crippen LogP contribution < -0.4 is 5.73 Å². The van der Waals surface area contributed by atoms with Crippen LogP contribution in [-0.2, 0) is 18.0 Å². The van der Waals surface area contributed by atoms with Crippen molar-refractivity contribution in [1.82, 2.24) is 0 Å². The van der Waals surface area contributed by atoms with E-state index in [1.165, 1.54) is 0 Å². The zero-order chi connectivity index (χ0) is 14.4. The highest BCUT2D eigenvalue weighted by atomic mass is 35.5. The molecule has 0 saturated carbocycles. The Bertz CT molecular complexity index is 597. The van der Waals surface area contributed by atoms with Gasteiger partial charge in [0.25, 0.3) is 0 Å². The van der Waals surface area contributed by atoms with Crippen molar-refractivity contribution in [2.24, 2.45) is 10.9 Å². The topological polar surface area (TPSA) is 67.8 Å². The first-order valence-electron chi connectivity index (χ1n) is 6.08. The minimum atomic E-state index is 0.0912. The molecule has 5 heteroatoms. The molecule has 0 amide bonds. The molecule has 0 heterocycles. The summed E-state index contributed by atoms with van der Waals surface area (Å²) < 4.78 is 5.62. The van der Waals surface area contributed by atoms with Crippen LogP contribution in [0.5, 0.6) is 0 Å². The number of hydrogen-bond donors (Lipinski definition) is 2. The number of benzene rings is 2. The Labute approximate surface area is 122 Å². The van der Waals surface area contributed by atoms with Gasteiger partial charge in [0.1, 0.15) is 0 Å². The summed E-state index contributed by atoms with van der Waals surface area (Å²) in [5.74, 6) is 0.0912. The summed E-state index contributed by atoms with van der Waals surface area (Å²) in [7, 11) is 0. The summed E-state index contributed by atoms with van der Waals surface area (Å²) in [5.41, 5.74) is 8.13. The smallest absolute Gasteiger partial charge is 0.170 e. The molecule has 2 rings (SSSR count). The van der Waals surface area contributed by atoms with E-state index in [4.69, 9.17) is 27.3 Å². The highest BCUT2D eigenvalue weighted by molar-refractivity contribution is 6.31. The normalized spacial score (nSPS) is 11.6. The van der Waals surface area contributed by atoms with Crippen molar-refractivity contribution in [3.05, 3.63) is 70.2 Å². The molecule has 0 aromatic heterocycles. The lowest BCUT2D eigenvalue weighted by molar-refractivity contribution is 0.107. The molecule has 0 aliphatic heterocycles. The van der Waals surface area contributed by atoms with Gasteiger partial charge in [0, 0.05) is 10.6 Å². The van der Waals surface area contributed by atoms with Crippen LogP contribution in [0.4, 0.5) is 0 Å². The van der Waals surface area contributed by atoms with Crippen LogP contribution in [0.25, 0.3) is 0 Å². The first-order chi connectivity index (χ1) is 9.70. The van der Waals surface area contributed by atoms with Gasteiger partial charge >= 0.3 is 0 Å². The van der Waals surface area contributed by atoms with Gasteiger partial charge in [-0.2, -0.15) is 0 Å². The number of nitrogens with zero attached hydrogens (tertiary/aromatic N) is 1. The van der Waals surface area contributed by atoms with E-state index in [2.05, 4.69) is 5.16 Å². The molecule has 0 aliphatic carbocycles. The van der Waals surface area contributed by atoms with E-state index in [1.54, 1.807) is 12.1 Å². The molecule has 0 radical (unpaired) electrons. The second kappa shape index (κ2) is 6.93. The number of amidine groups is 1. The Morgan fingerprint density at radius 1 is 1.10 bits per heavy atom. The molecule has 0 fully saturated rings. The number of oxime groups is 1. The maximum atomic E-state index is 8.58. The first-order valence-corrected chi connectivity index (χ1v) is 6.46. The number of rotatable bonds is 5. The number of ether oxygens (including phenoxy) is 1. The van der Waals surface area contributed by atoms with Gasteiger partial charge in [-0.05, 0) is 17.2 Å². The fraction of sp³-hybridized carbons (Fsp3) is 0.133. The summed E-state index contributed by atoms with van der Waals surface area (Å²) in [6.07, 6.45) is 0. The van der Waals surface area contributed by atoms with Crippen molar-refractivity contribution >= 4 is 17.4 Å². The van der Waals surface area contributed by atoms with Crippen LogP contribution in [0.3, 0.4) is 0 Å². The zero-order valence-corrected chi connectivity index (χ0v) is 11.5. The molecule has 0 saturated heterocycles. The summed E-state index contributed by atoms with van der Waals surface area (Å²) >= 11 is 6.05. The second-order valence-electron chi connectivity index (χ2n) is 4.27. The Morgan fingerprint density at radius 3 is 2.45 bits per heavy atom. The van der Waals surface area contributed by atoms with Gasteiger partial charge < -0.3 is 15.7 Å². The molecule has 4 nitrogen and oxygen atoms in total. The molecule has 0 unspecified atom stereocenters. The van der Waals surface area contributed by atoms with Gasteiger partial charge in [-0.15, -0.1) is 0 Å². The number of hydrogen-bond acceptors (Lipinski definition) is 3. The van der Waals surface area contributed by atoms with E-state index in [0.717, 1.165) is 11.1 Å². The molecule has 2 aromatic rings. The lowest BCUT2D eigenvalue weighted by Gasteiger charge is -2.07. The quantitative estimate of drug-likeness (QED) is 0.385. The van der Waals surface area contributed by atoms with Crippen molar-refractivity contribution in [2.75, 3.05) is 0 Å². The SMILES string of the molecule is N/C(=N\O)c1ccc(COCc2ccccc2Cl)cc1. The average molecular weight is 291 g/mol. The summed E-state index contributed by atoms with van der Waals surface area (Å²) in [4.78, 5) is 0. The highest BCUT2D eigenvalue weighted by Gasteiger charge is 2.01.